The maximum Gasteiger partial charge on any atom is 0.320 e. The first kappa shape index (κ1) is 13.0. The highest BCUT2D eigenvalue weighted by atomic mass is 16.2. The summed E-state index contributed by atoms with van der Waals surface area (Å²) in [7, 11) is 0. The third-order valence-corrected chi connectivity index (χ3v) is 2.78. The zero-order valence-electron chi connectivity index (χ0n) is 11.3. The van der Waals surface area contributed by atoms with Crippen molar-refractivity contribution in [3.05, 3.63) is 30.7 Å². The molecule has 0 unspecified atom stereocenters. The predicted molar refractivity (Wildman–Crippen MR) is 77.6 cm³/mol. The molecule has 3 N–H and O–H groups in total. The molecule has 106 valence electrons. The van der Waals surface area contributed by atoms with Crippen molar-refractivity contribution < 1.29 is 4.79 Å². The number of hydrogen-bond donors (Lipinski definition) is 3. The molecule has 3 aromatic rings. The summed E-state index contributed by atoms with van der Waals surface area (Å²) in [6.45, 7) is 2.39. The predicted octanol–water partition coefficient (Wildman–Crippen LogP) is 1.56. The van der Waals surface area contributed by atoms with Gasteiger partial charge in [-0.15, -0.1) is 0 Å². The maximum atomic E-state index is 11.5. The van der Waals surface area contributed by atoms with Gasteiger partial charge in [-0.25, -0.2) is 14.8 Å². The van der Waals surface area contributed by atoms with Crippen LogP contribution in [0.4, 0.5) is 10.6 Å². The highest BCUT2D eigenvalue weighted by Crippen LogP contribution is 2.17. The zero-order chi connectivity index (χ0) is 14.7. The molecule has 0 saturated carbocycles. The Hall–Kier alpha value is -3.03. The first-order chi connectivity index (χ1) is 10.3. The monoisotopic (exact) mass is 283 g/mol. The summed E-state index contributed by atoms with van der Waals surface area (Å²) >= 11 is 0. The van der Waals surface area contributed by atoms with Crippen LogP contribution >= 0.6 is 0 Å². The van der Waals surface area contributed by atoms with Gasteiger partial charge in [-0.3, -0.25) is 15.4 Å². The number of aromatic nitrogens is 5. The number of nitrogens with one attached hydrogen (secondary N) is 3. The second-order valence-electron chi connectivity index (χ2n) is 4.27. The fourth-order valence-electron chi connectivity index (χ4n) is 1.82. The number of carbonyl (C=O) groups is 1. The van der Waals surface area contributed by atoms with Gasteiger partial charge in [-0.05, 0) is 19.1 Å². The maximum absolute atomic E-state index is 11.5. The molecule has 0 bridgehead atoms. The molecular formula is C13H13N7O. The third-order valence-electron chi connectivity index (χ3n) is 2.78. The number of anilines is 1. The van der Waals surface area contributed by atoms with Crippen molar-refractivity contribution in [1.29, 1.82) is 0 Å². The van der Waals surface area contributed by atoms with Crippen LogP contribution in [-0.4, -0.2) is 37.7 Å². The number of H-pyrrole nitrogens is 1. The molecule has 8 heteroatoms. The summed E-state index contributed by atoms with van der Waals surface area (Å²) in [4.78, 5) is 24.5. The largest absolute Gasteiger partial charge is 0.338 e. The highest BCUT2D eigenvalue weighted by molar-refractivity contribution is 5.89. The quantitative estimate of drug-likeness (QED) is 0.676. The van der Waals surface area contributed by atoms with E-state index in [-0.39, 0.29) is 6.03 Å². The molecule has 0 aliphatic rings. The van der Waals surface area contributed by atoms with Crippen LogP contribution in [0, 0.1) is 0 Å². The van der Waals surface area contributed by atoms with E-state index in [2.05, 4.69) is 35.8 Å². The van der Waals surface area contributed by atoms with Gasteiger partial charge in [0.15, 0.2) is 5.65 Å². The molecule has 0 fully saturated rings. The van der Waals surface area contributed by atoms with Crippen molar-refractivity contribution in [2.45, 2.75) is 6.92 Å². The number of rotatable bonds is 3. The Morgan fingerprint density at radius 2 is 2.19 bits per heavy atom. The van der Waals surface area contributed by atoms with Crippen LogP contribution in [0.2, 0.25) is 0 Å². The van der Waals surface area contributed by atoms with Crippen LogP contribution in [0.1, 0.15) is 6.92 Å². The van der Waals surface area contributed by atoms with Crippen LogP contribution in [0.25, 0.3) is 22.4 Å². The summed E-state index contributed by atoms with van der Waals surface area (Å²) in [6, 6.07) is 3.14. The van der Waals surface area contributed by atoms with E-state index in [9.17, 15) is 4.79 Å². The number of fused-ring (bicyclic) bond motifs is 1. The van der Waals surface area contributed by atoms with Gasteiger partial charge in [0.25, 0.3) is 0 Å². The average Bonchev–Trinajstić information content (AvgIpc) is 3.01. The summed E-state index contributed by atoms with van der Waals surface area (Å²) in [5, 5.41) is 11.9. The minimum absolute atomic E-state index is 0.303. The van der Waals surface area contributed by atoms with E-state index in [1.807, 2.05) is 6.92 Å². The van der Waals surface area contributed by atoms with E-state index in [0.29, 0.717) is 29.2 Å². The van der Waals surface area contributed by atoms with Gasteiger partial charge in [0.2, 0.25) is 0 Å². The van der Waals surface area contributed by atoms with Crippen molar-refractivity contribution >= 4 is 23.0 Å². The van der Waals surface area contributed by atoms with Crippen LogP contribution in [-0.2, 0) is 0 Å². The SMILES string of the molecule is CCNC(=O)Nc1ccc2ncc(-c3cn[nH]c3)nc2n1. The summed E-state index contributed by atoms with van der Waals surface area (Å²) in [5.41, 5.74) is 2.61. The molecule has 21 heavy (non-hydrogen) atoms. The molecule has 8 nitrogen and oxygen atoms in total. The van der Waals surface area contributed by atoms with Gasteiger partial charge in [0.05, 0.1) is 18.1 Å². The van der Waals surface area contributed by atoms with Gasteiger partial charge >= 0.3 is 6.03 Å². The normalized spacial score (nSPS) is 10.5. The summed E-state index contributed by atoms with van der Waals surface area (Å²) < 4.78 is 0. The Labute approximate surface area is 120 Å². The van der Waals surface area contributed by atoms with E-state index in [4.69, 9.17) is 0 Å². The van der Waals surface area contributed by atoms with Crippen LogP contribution in [0.15, 0.2) is 30.7 Å². The molecule has 3 aromatic heterocycles. The molecule has 0 aliphatic carbocycles. The highest BCUT2D eigenvalue weighted by Gasteiger charge is 2.07. The van der Waals surface area contributed by atoms with E-state index in [1.165, 1.54) is 0 Å². The number of hydrogen-bond acceptors (Lipinski definition) is 5. The molecule has 2 amide bonds. The van der Waals surface area contributed by atoms with Crippen molar-refractivity contribution in [2.75, 3.05) is 11.9 Å². The fraction of sp³-hybridized carbons (Fsp3) is 0.154. The Morgan fingerprint density at radius 1 is 1.29 bits per heavy atom. The smallest absolute Gasteiger partial charge is 0.320 e. The van der Waals surface area contributed by atoms with Gasteiger partial charge < -0.3 is 5.32 Å². The number of aromatic amines is 1. The Balaban J connectivity index is 1.94. The van der Waals surface area contributed by atoms with Crippen molar-refractivity contribution in [3.63, 3.8) is 0 Å². The fourth-order valence-corrected chi connectivity index (χ4v) is 1.82. The standard InChI is InChI=1S/C13H13N7O/c1-2-14-13(21)20-11-4-3-9-12(19-11)18-10(7-15-9)8-5-16-17-6-8/h3-7H,2H2,1H3,(H,16,17)(H2,14,18,19,20,21). The van der Waals surface area contributed by atoms with E-state index in [1.54, 1.807) is 30.7 Å². The molecule has 0 aliphatic heterocycles. The first-order valence-corrected chi connectivity index (χ1v) is 6.44. The van der Waals surface area contributed by atoms with Crippen LogP contribution < -0.4 is 10.6 Å². The van der Waals surface area contributed by atoms with Crippen molar-refractivity contribution in [3.8, 4) is 11.3 Å². The van der Waals surface area contributed by atoms with Gasteiger partial charge in [0.1, 0.15) is 11.3 Å². The number of nitrogens with zero attached hydrogens (tertiary/aromatic N) is 4. The van der Waals surface area contributed by atoms with Crippen molar-refractivity contribution in [1.82, 2.24) is 30.5 Å². The topological polar surface area (TPSA) is 108 Å². The molecule has 0 saturated heterocycles. The Kier molecular flexibility index (Phi) is 3.42. The van der Waals surface area contributed by atoms with Gasteiger partial charge in [-0.2, -0.15) is 5.10 Å². The van der Waals surface area contributed by atoms with Crippen LogP contribution in [0.3, 0.4) is 0 Å². The van der Waals surface area contributed by atoms with Crippen molar-refractivity contribution in [2.24, 2.45) is 0 Å². The van der Waals surface area contributed by atoms with E-state index >= 15 is 0 Å². The lowest BCUT2D eigenvalue weighted by Crippen LogP contribution is -2.28. The molecule has 0 radical (unpaired) electrons. The molecule has 0 aromatic carbocycles. The lowest BCUT2D eigenvalue weighted by atomic mass is 10.2. The molecule has 0 spiro atoms. The molecular weight excluding hydrogens is 270 g/mol. The number of carbonyl (C=O) groups excluding carboxylic acids is 1. The Morgan fingerprint density at radius 3 is 2.95 bits per heavy atom. The Bertz CT molecular complexity index is 769. The summed E-state index contributed by atoms with van der Waals surface area (Å²) in [6.07, 6.45) is 5.05. The van der Waals surface area contributed by atoms with E-state index in [0.717, 1.165) is 5.56 Å². The first-order valence-electron chi connectivity index (χ1n) is 6.44. The number of amides is 2. The third kappa shape index (κ3) is 2.78. The second-order valence-corrected chi connectivity index (χ2v) is 4.27. The lowest BCUT2D eigenvalue weighted by molar-refractivity contribution is 0.252. The van der Waals surface area contributed by atoms with Crippen LogP contribution in [0.5, 0.6) is 0 Å². The van der Waals surface area contributed by atoms with Gasteiger partial charge in [0, 0.05) is 18.3 Å². The zero-order valence-corrected chi connectivity index (χ0v) is 11.3. The summed E-state index contributed by atoms with van der Waals surface area (Å²) in [5.74, 6) is 0.423. The molecule has 3 heterocycles. The minimum atomic E-state index is -0.303. The lowest BCUT2D eigenvalue weighted by Gasteiger charge is -2.06. The number of pyridine rings is 1. The molecule has 3 rings (SSSR count). The van der Waals surface area contributed by atoms with E-state index < -0.39 is 0 Å². The number of urea groups is 1. The minimum Gasteiger partial charge on any atom is -0.338 e. The molecule has 0 atom stereocenters. The average molecular weight is 283 g/mol. The van der Waals surface area contributed by atoms with Gasteiger partial charge in [-0.1, -0.05) is 0 Å². The second kappa shape index (κ2) is 5.53.